The average Bonchev–Trinajstić information content (AvgIpc) is 2.58. The Hall–Kier alpha value is -2.41. The number of halogens is 1. The molecule has 0 fully saturated rings. The summed E-state index contributed by atoms with van der Waals surface area (Å²) in [5.74, 6) is -0.538. The molecule has 2 rings (SSSR count). The summed E-state index contributed by atoms with van der Waals surface area (Å²) in [6.07, 6.45) is 2.93. The summed E-state index contributed by atoms with van der Waals surface area (Å²) < 4.78 is 11.0. The van der Waals surface area contributed by atoms with Gasteiger partial charge >= 0.3 is 5.97 Å². The maximum Gasteiger partial charge on any atom is 0.340 e. The SMILES string of the molecule is COc1ccc(C(C)(C)C)cc1NC(=O)COC(=O)c1cncc(Br)c1. The van der Waals surface area contributed by atoms with Crippen LogP contribution in [0.25, 0.3) is 0 Å². The van der Waals surface area contributed by atoms with Crippen LogP contribution in [0.5, 0.6) is 5.75 Å². The van der Waals surface area contributed by atoms with E-state index in [2.05, 4.69) is 47.0 Å². The van der Waals surface area contributed by atoms with Crippen LogP contribution in [0, 0.1) is 0 Å². The van der Waals surface area contributed by atoms with E-state index in [9.17, 15) is 9.59 Å². The van der Waals surface area contributed by atoms with E-state index in [4.69, 9.17) is 9.47 Å². The average molecular weight is 421 g/mol. The number of anilines is 1. The first kappa shape index (κ1) is 19.9. The highest BCUT2D eigenvalue weighted by atomic mass is 79.9. The summed E-state index contributed by atoms with van der Waals surface area (Å²) in [5, 5.41) is 2.73. The van der Waals surface area contributed by atoms with Gasteiger partial charge in [-0.05, 0) is 45.1 Å². The molecule has 2 aromatic rings. The van der Waals surface area contributed by atoms with Crippen LogP contribution in [0.2, 0.25) is 0 Å². The lowest BCUT2D eigenvalue weighted by Gasteiger charge is -2.21. The van der Waals surface area contributed by atoms with Crippen molar-refractivity contribution in [3.05, 3.63) is 52.3 Å². The van der Waals surface area contributed by atoms with E-state index in [0.29, 0.717) is 15.9 Å². The van der Waals surface area contributed by atoms with Gasteiger partial charge < -0.3 is 14.8 Å². The first-order valence-corrected chi connectivity index (χ1v) is 8.76. The Kier molecular flexibility index (Phi) is 6.37. The largest absolute Gasteiger partial charge is 0.495 e. The molecule has 0 aliphatic carbocycles. The lowest BCUT2D eigenvalue weighted by Crippen LogP contribution is -2.22. The van der Waals surface area contributed by atoms with Gasteiger partial charge in [0.1, 0.15) is 5.75 Å². The Morgan fingerprint density at radius 3 is 2.54 bits per heavy atom. The highest BCUT2D eigenvalue weighted by Gasteiger charge is 2.18. The number of methoxy groups -OCH3 is 1. The second kappa shape index (κ2) is 8.31. The molecular formula is C19H21BrN2O4. The molecule has 0 atom stereocenters. The van der Waals surface area contributed by atoms with E-state index >= 15 is 0 Å². The Morgan fingerprint density at radius 2 is 1.92 bits per heavy atom. The van der Waals surface area contributed by atoms with E-state index in [1.807, 2.05) is 12.1 Å². The van der Waals surface area contributed by atoms with Gasteiger partial charge in [-0.3, -0.25) is 9.78 Å². The van der Waals surface area contributed by atoms with Gasteiger partial charge in [0.25, 0.3) is 5.91 Å². The van der Waals surface area contributed by atoms with Crippen molar-refractivity contribution >= 4 is 33.5 Å². The van der Waals surface area contributed by atoms with Gasteiger partial charge in [0.2, 0.25) is 0 Å². The maximum absolute atomic E-state index is 12.2. The summed E-state index contributed by atoms with van der Waals surface area (Å²) in [4.78, 5) is 28.0. The molecule has 138 valence electrons. The summed E-state index contributed by atoms with van der Waals surface area (Å²) in [5.41, 5.74) is 1.77. The second-order valence-electron chi connectivity index (χ2n) is 6.68. The quantitative estimate of drug-likeness (QED) is 0.740. The van der Waals surface area contributed by atoms with Crippen molar-refractivity contribution in [2.24, 2.45) is 0 Å². The fraction of sp³-hybridized carbons (Fsp3) is 0.316. The van der Waals surface area contributed by atoms with E-state index in [1.165, 1.54) is 13.3 Å². The highest BCUT2D eigenvalue weighted by Crippen LogP contribution is 2.31. The third kappa shape index (κ3) is 5.29. The molecule has 0 spiro atoms. The number of nitrogens with one attached hydrogen (secondary N) is 1. The number of hydrogen-bond donors (Lipinski definition) is 1. The molecule has 1 aromatic heterocycles. The number of aromatic nitrogens is 1. The summed E-state index contributed by atoms with van der Waals surface area (Å²) in [6.45, 7) is 5.82. The van der Waals surface area contributed by atoms with Crippen molar-refractivity contribution in [2.75, 3.05) is 19.0 Å². The molecule has 0 bridgehead atoms. The van der Waals surface area contributed by atoms with Crippen molar-refractivity contribution in [3.8, 4) is 5.75 Å². The van der Waals surface area contributed by atoms with E-state index in [1.54, 1.807) is 18.3 Å². The molecule has 0 aliphatic rings. The van der Waals surface area contributed by atoms with Gasteiger partial charge in [0.15, 0.2) is 6.61 Å². The van der Waals surface area contributed by atoms with Crippen molar-refractivity contribution in [3.63, 3.8) is 0 Å². The van der Waals surface area contributed by atoms with Crippen LogP contribution in [0.4, 0.5) is 5.69 Å². The Bertz CT molecular complexity index is 815. The minimum atomic E-state index is -0.621. The normalized spacial score (nSPS) is 11.0. The zero-order chi connectivity index (χ0) is 19.3. The first-order chi connectivity index (χ1) is 12.2. The molecule has 1 N–H and O–H groups in total. The monoisotopic (exact) mass is 420 g/mol. The lowest BCUT2D eigenvalue weighted by molar-refractivity contribution is -0.119. The molecule has 0 saturated heterocycles. The predicted octanol–water partition coefficient (Wildman–Crippen LogP) is 3.95. The van der Waals surface area contributed by atoms with Crippen LogP contribution in [-0.2, 0) is 14.9 Å². The Balaban J connectivity index is 2.04. The van der Waals surface area contributed by atoms with Crippen LogP contribution in [0.15, 0.2) is 41.1 Å². The van der Waals surface area contributed by atoms with Gasteiger partial charge in [-0.2, -0.15) is 0 Å². The number of ether oxygens (including phenoxy) is 2. The lowest BCUT2D eigenvalue weighted by atomic mass is 9.87. The van der Waals surface area contributed by atoms with Crippen LogP contribution in [0.1, 0.15) is 36.7 Å². The smallest absolute Gasteiger partial charge is 0.340 e. The van der Waals surface area contributed by atoms with E-state index in [-0.39, 0.29) is 11.0 Å². The Labute approximate surface area is 161 Å². The number of pyridine rings is 1. The number of rotatable bonds is 5. The van der Waals surface area contributed by atoms with Gasteiger partial charge in [-0.15, -0.1) is 0 Å². The summed E-state index contributed by atoms with van der Waals surface area (Å²) >= 11 is 3.23. The Morgan fingerprint density at radius 1 is 1.19 bits per heavy atom. The minimum Gasteiger partial charge on any atom is -0.495 e. The molecule has 0 aliphatic heterocycles. The highest BCUT2D eigenvalue weighted by molar-refractivity contribution is 9.10. The molecule has 0 unspecified atom stereocenters. The zero-order valence-corrected chi connectivity index (χ0v) is 16.7. The van der Waals surface area contributed by atoms with Gasteiger partial charge in [0.05, 0.1) is 18.4 Å². The second-order valence-corrected chi connectivity index (χ2v) is 7.60. The van der Waals surface area contributed by atoms with Gasteiger partial charge in [-0.1, -0.05) is 26.8 Å². The van der Waals surface area contributed by atoms with Gasteiger partial charge in [-0.25, -0.2) is 4.79 Å². The summed E-state index contributed by atoms with van der Waals surface area (Å²) in [6, 6.07) is 7.18. The number of carbonyl (C=O) groups is 2. The van der Waals surface area contributed by atoms with Crippen molar-refractivity contribution in [1.29, 1.82) is 0 Å². The predicted molar refractivity (Wildman–Crippen MR) is 103 cm³/mol. The number of amides is 1. The molecule has 6 nitrogen and oxygen atoms in total. The van der Waals surface area contributed by atoms with E-state index in [0.717, 1.165) is 5.56 Å². The molecule has 1 heterocycles. The number of benzene rings is 1. The molecule has 0 saturated carbocycles. The number of carbonyl (C=O) groups excluding carboxylic acids is 2. The minimum absolute atomic E-state index is 0.0775. The van der Waals surface area contributed by atoms with Crippen LogP contribution in [-0.4, -0.2) is 30.6 Å². The van der Waals surface area contributed by atoms with Crippen LogP contribution < -0.4 is 10.1 Å². The molecule has 0 radical (unpaired) electrons. The molecule has 1 amide bonds. The van der Waals surface area contributed by atoms with E-state index < -0.39 is 18.5 Å². The van der Waals surface area contributed by atoms with Crippen molar-refractivity contribution in [2.45, 2.75) is 26.2 Å². The maximum atomic E-state index is 12.2. The first-order valence-electron chi connectivity index (χ1n) is 7.97. The van der Waals surface area contributed by atoms with Crippen LogP contribution in [0.3, 0.4) is 0 Å². The van der Waals surface area contributed by atoms with Crippen molar-refractivity contribution in [1.82, 2.24) is 4.98 Å². The number of hydrogen-bond acceptors (Lipinski definition) is 5. The topological polar surface area (TPSA) is 77.5 Å². The number of esters is 1. The van der Waals surface area contributed by atoms with Crippen molar-refractivity contribution < 1.29 is 19.1 Å². The fourth-order valence-electron chi connectivity index (χ4n) is 2.20. The van der Waals surface area contributed by atoms with Crippen LogP contribution >= 0.6 is 15.9 Å². The fourth-order valence-corrected chi connectivity index (χ4v) is 2.56. The number of nitrogens with zero attached hydrogens (tertiary/aromatic N) is 1. The molecule has 26 heavy (non-hydrogen) atoms. The third-order valence-corrected chi connectivity index (χ3v) is 4.05. The molecular weight excluding hydrogens is 400 g/mol. The van der Waals surface area contributed by atoms with Gasteiger partial charge in [0, 0.05) is 16.9 Å². The molecule has 1 aromatic carbocycles. The third-order valence-electron chi connectivity index (χ3n) is 3.61. The summed E-state index contributed by atoms with van der Waals surface area (Å²) in [7, 11) is 1.53. The zero-order valence-electron chi connectivity index (χ0n) is 15.1. The standard InChI is InChI=1S/C19H21BrN2O4/c1-19(2,3)13-5-6-16(25-4)15(8-13)22-17(23)11-26-18(24)12-7-14(20)10-21-9-12/h5-10H,11H2,1-4H3,(H,22,23). The molecule has 7 heteroatoms.